The molecule has 3 aromatic heterocycles. The number of H-pyrrole nitrogens is 1. The fourth-order valence-electron chi connectivity index (χ4n) is 3.60. The molecule has 164 valence electrons. The Bertz CT molecular complexity index is 1380. The molecule has 0 unspecified atom stereocenters. The van der Waals surface area contributed by atoms with E-state index in [2.05, 4.69) is 15.3 Å². The lowest BCUT2D eigenvalue weighted by molar-refractivity contribution is 0.0953. The van der Waals surface area contributed by atoms with Gasteiger partial charge in [-0.25, -0.2) is 4.98 Å². The van der Waals surface area contributed by atoms with Crippen LogP contribution in [-0.4, -0.2) is 21.8 Å². The van der Waals surface area contributed by atoms with Gasteiger partial charge in [-0.2, -0.15) is 0 Å². The monoisotopic (exact) mass is 472 g/mol. The van der Waals surface area contributed by atoms with Crippen LogP contribution in [0.2, 0.25) is 0 Å². The van der Waals surface area contributed by atoms with E-state index in [1.54, 1.807) is 40.9 Å². The number of benzene rings is 2. The van der Waals surface area contributed by atoms with Gasteiger partial charge in [0.25, 0.3) is 11.8 Å². The van der Waals surface area contributed by atoms with E-state index in [4.69, 9.17) is 0 Å². The first kappa shape index (κ1) is 21.1. The molecule has 0 aliphatic carbocycles. The Labute approximate surface area is 198 Å². The van der Waals surface area contributed by atoms with Gasteiger partial charge < -0.3 is 15.2 Å². The maximum atomic E-state index is 13.5. The lowest BCUT2D eigenvalue weighted by Gasteiger charge is -2.23. The molecular formula is C25H20N4O2S2. The van der Waals surface area contributed by atoms with Gasteiger partial charge in [-0.05, 0) is 41.8 Å². The van der Waals surface area contributed by atoms with Gasteiger partial charge in [-0.15, -0.1) is 22.7 Å². The second-order valence-corrected chi connectivity index (χ2v) is 9.51. The summed E-state index contributed by atoms with van der Waals surface area (Å²) in [5.74, 6) is -0.238. The number of carbonyl (C=O) groups is 2. The Morgan fingerprint density at radius 3 is 2.67 bits per heavy atom. The van der Waals surface area contributed by atoms with Crippen molar-refractivity contribution in [1.82, 2.24) is 15.3 Å². The summed E-state index contributed by atoms with van der Waals surface area (Å²) in [6.07, 6.45) is 3.31. The van der Waals surface area contributed by atoms with E-state index in [1.165, 1.54) is 11.3 Å². The molecule has 0 spiro atoms. The fourth-order valence-corrected chi connectivity index (χ4v) is 5.25. The van der Waals surface area contributed by atoms with Gasteiger partial charge in [0, 0.05) is 26.7 Å². The standard InChI is InChI=1S/C25H20N4O2S2/c30-24(27-14-19-8-5-11-32-19)23-12-20-21(9-4-10-22(20)33-23)29(15-18-13-26-16-28-18)25(31)17-6-2-1-3-7-17/h1-13,16H,14-15H2,(H,26,28)(H,27,30). The number of nitrogens with one attached hydrogen (secondary N) is 2. The van der Waals surface area contributed by atoms with E-state index in [1.807, 2.05) is 60.0 Å². The van der Waals surface area contributed by atoms with Crippen molar-refractivity contribution in [3.63, 3.8) is 0 Å². The van der Waals surface area contributed by atoms with Crippen molar-refractivity contribution in [2.45, 2.75) is 13.1 Å². The van der Waals surface area contributed by atoms with Crippen LogP contribution in [0.5, 0.6) is 0 Å². The molecule has 0 aliphatic rings. The minimum absolute atomic E-state index is 0.118. The second kappa shape index (κ2) is 9.40. The number of thiophene rings is 2. The smallest absolute Gasteiger partial charge is 0.261 e. The number of aromatic amines is 1. The molecule has 2 N–H and O–H groups in total. The largest absolute Gasteiger partial charge is 0.347 e. The number of rotatable bonds is 7. The Kier molecular flexibility index (Phi) is 6.01. The highest BCUT2D eigenvalue weighted by Crippen LogP contribution is 2.35. The van der Waals surface area contributed by atoms with Crippen LogP contribution in [0.15, 0.2) is 84.6 Å². The van der Waals surface area contributed by atoms with Crippen LogP contribution in [-0.2, 0) is 13.1 Å². The average molecular weight is 473 g/mol. The lowest BCUT2D eigenvalue weighted by atomic mass is 10.1. The molecule has 5 rings (SSSR count). The Balaban J connectivity index is 1.49. The molecule has 3 heterocycles. The third kappa shape index (κ3) is 4.57. The predicted molar refractivity (Wildman–Crippen MR) is 133 cm³/mol. The van der Waals surface area contributed by atoms with Crippen LogP contribution in [0.25, 0.3) is 10.1 Å². The molecule has 0 bridgehead atoms. The summed E-state index contributed by atoms with van der Waals surface area (Å²) in [7, 11) is 0. The van der Waals surface area contributed by atoms with E-state index in [0.29, 0.717) is 23.5 Å². The number of amides is 2. The van der Waals surface area contributed by atoms with Crippen LogP contribution in [0.3, 0.4) is 0 Å². The Morgan fingerprint density at radius 2 is 1.91 bits per heavy atom. The second-order valence-electron chi connectivity index (χ2n) is 7.40. The predicted octanol–water partition coefficient (Wildman–Crippen LogP) is 5.46. The van der Waals surface area contributed by atoms with E-state index in [9.17, 15) is 9.59 Å². The fraction of sp³-hybridized carbons (Fsp3) is 0.0800. The number of carbonyl (C=O) groups excluding carboxylic acids is 2. The Morgan fingerprint density at radius 1 is 1.03 bits per heavy atom. The van der Waals surface area contributed by atoms with Gasteiger partial charge in [0.2, 0.25) is 0 Å². The van der Waals surface area contributed by atoms with Crippen molar-refractivity contribution in [2.75, 3.05) is 4.90 Å². The summed E-state index contributed by atoms with van der Waals surface area (Å²) in [6, 6.07) is 20.8. The molecule has 5 aromatic rings. The maximum Gasteiger partial charge on any atom is 0.261 e. The topological polar surface area (TPSA) is 78.1 Å². The number of aromatic nitrogens is 2. The quantitative estimate of drug-likeness (QED) is 0.330. The summed E-state index contributed by atoms with van der Waals surface area (Å²) < 4.78 is 0.948. The third-order valence-electron chi connectivity index (χ3n) is 5.21. The van der Waals surface area contributed by atoms with E-state index in [-0.39, 0.29) is 11.8 Å². The molecule has 33 heavy (non-hydrogen) atoms. The van der Waals surface area contributed by atoms with Gasteiger partial charge in [0.15, 0.2) is 0 Å². The molecule has 8 heteroatoms. The van der Waals surface area contributed by atoms with Gasteiger partial charge in [0.1, 0.15) is 0 Å². The first-order valence-corrected chi connectivity index (χ1v) is 12.1. The van der Waals surface area contributed by atoms with Gasteiger partial charge in [-0.3, -0.25) is 9.59 Å². The molecule has 0 aliphatic heterocycles. The van der Waals surface area contributed by atoms with E-state index in [0.717, 1.165) is 26.3 Å². The highest BCUT2D eigenvalue weighted by atomic mass is 32.1. The first-order valence-electron chi connectivity index (χ1n) is 10.4. The van der Waals surface area contributed by atoms with Crippen LogP contribution in [0.1, 0.15) is 30.6 Å². The third-order valence-corrected chi connectivity index (χ3v) is 7.18. The normalized spacial score (nSPS) is 10.9. The highest BCUT2D eigenvalue weighted by Gasteiger charge is 2.22. The number of hydrogen-bond acceptors (Lipinski definition) is 5. The summed E-state index contributed by atoms with van der Waals surface area (Å²) in [5.41, 5.74) is 2.17. The molecule has 0 saturated carbocycles. The molecule has 0 radical (unpaired) electrons. The van der Waals surface area contributed by atoms with Gasteiger partial charge in [0.05, 0.1) is 35.7 Å². The lowest BCUT2D eigenvalue weighted by Crippen LogP contribution is -2.30. The van der Waals surface area contributed by atoms with Crippen molar-refractivity contribution in [2.24, 2.45) is 0 Å². The molecule has 2 amide bonds. The van der Waals surface area contributed by atoms with Crippen molar-refractivity contribution in [1.29, 1.82) is 0 Å². The summed E-state index contributed by atoms with van der Waals surface area (Å²) >= 11 is 3.03. The Hall–Kier alpha value is -3.75. The van der Waals surface area contributed by atoms with Gasteiger partial charge >= 0.3 is 0 Å². The number of fused-ring (bicyclic) bond motifs is 1. The molecular weight excluding hydrogens is 452 g/mol. The number of anilines is 1. The molecule has 2 aromatic carbocycles. The maximum absolute atomic E-state index is 13.5. The van der Waals surface area contributed by atoms with Crippen molar-refractivity contribution >= 4 is 50.3 Å². The number of nitrogens with zero attached hydrogens (tertiary/aromatic N) is 2. The minimum Gasteiger partial charge on any atom is -0.347 e. The summed E-state index contributed by atoms with van der Waals surface area (Å²) in [4.78, 5) is 36.9. The first-order chi connectivity index (χ1) is 16.2. The van der Waals surface area contributed by atoms with Crippen LogP contribution < -0.4 is 10.2 Å². The molecule has 0 fully saturated rings. The van der Waals surface area contributed by atoms with E-state index < -0.39 is 0 Å². The minimum atomic E-state index is -0.120. The van der Waals surface area contributed by atoms with Crippen LogP contribution in [0, 0.1) is 0 Å². The van der Waals surface area contributed by atoms with Crippen molar-refractivity contribution in [3.8, 4) is 0 Å². The molecule has 0 atom stereocenters. The molecule has 0 saturated heterocycles. The summed E-state index contributed by atoms with van der Waals surface area (Å²) in [6.45, 7) is 0.832. The highest BCUT2D eigenvalue weighted by molar-refractivity contribution is 7.20. The SMILES string of the molecule is O=C(NCc1cccs1)c1cc2c(N(Cc3cnc[nH]3)C(=O)c3ccccc3)cccc2s1. The van der Waals surface area contributed by atoms with Crippen molar-refractivity contribution in [3.05, 3.63) is 106 Å². The zero-order valence-corrected chi connectivity index (χ0v) is 19.2. The molecule has 6 nitrogen and oxygen atoms in total. The van der Waals surface area contributed by atoms with Crippen LogP contribution >= 0.6 is 22.7 Å². The van der Waals surface area contributed by atoms with Gasteiger partial charge in [-0.1, -0.05) is 30.3 Å². The number of imidazole rings is 1. The average Bonchev–Trinajstić information content (AvgIpc) is 3.62. The zero-order valence-electron chi connectivity index (χ0n) is 17.5. The van der Waals surface area contributed by atoms with Crippen molar-refractivity contribution < 1.29 is 9.59 Å². The number of hydrogen-bond donors (Lipinski definition) is 2. The van der Waals surface area contributed by atoms with Crippen LogP contribution in [0.4, 0.5) is 5.69 Å². The summed E-state index contributed by atoms with van der Waals surface area (Å²) in [5, 5.41) is 5.84. The van der Waals surface area contributed by atoms with E-state index >= 15 is 0 Å². The zero-order chi connectivity index (χ0) is 22.6.